The van der Waals surface area contributed by atoms with E-state index in [4.69, 9.17) is 4.18 Å². The van der Waals surface area contributed by atoms with E-state index < -0.39 is 25.1 Å². The molecule has 0 saturated heterocycles. The highest BCUT2D eigenvalue weighted by Crippen LogP contribution is 2.43. The highest BCUT2D eigenvalue weighted by atomic mass is 79.9. The lowest BCUT2D eigenvalue weighted by Crippen LogP contribution is -2.10. The number of hydrogen-bond acceptors (Lipinski definition) is 5. The fraction of sp³-hybridized carbons (Fsp3) is 0.0909. The maximum absolute atomic E-state index is 13.0. The van der Waals surface area contributed by atoms with Gasteiger partial charge in [-0.1, -0.05) is 56.1 Å². The second-order valence-corrected chi connectivity index (χ2v) is 11.7. The Bertz CT molecular complexity index is 1600. The standard InChI is InChI=1S/C22H16Br2O6S2/c1-2-30-32(28,29)20-10-4-14-12-16(24)6-8-18(14)22(20)21-17-7-5-15(23)11-13(17)3-9-19(21)31(25,26)27/h3-12H,2H2,1H3,(H,25,26,27). The van der Waals surface area contributed by atoms with Gasteiger partial charge in [0.2, 0.25) is 0 Å². The summed E-state index contributed by atoms with van der Waals surface area (Å²) in [6.45, 7) is 1.46. The van der Waals surface area contributed by atoms with Gasteiger partial charge in [0, 0.05) is 20.1 Å². The van der Waals surface area contributed by atoms with Gasteiger partial charge in [-0.3, -0.25) is 8.74 Å². The van der Waals surface area contributed by atoms with Gasteiger partial charge in [-0.25, -0.2) is 0 Å². The van der Waals surface area contributed by atoms with Crippen molar-refractivity contribution in [2.75, 3.05) is 6.61 Å². The highest BCUT2D eigenvalue weighted by molar-refractivity contribution is 9.10. The molecule has 0 aromatic heterocycles. The topological polar surface area (TPSA) is 97.7 Å². The van der Waals surface area contributed by atoms with Crippen LogP contribution < -0.4 is 0 Å². The van der Waals surface area contributed by atoms with Crippen molar-refractivity contribution in [2.45, 2.75) is 16.7 Å². The minimum absolute atomic E-state index is 0.0868. The fourth-order valence-corrected chi connectivity index (χ4v) is 6.32. The van der Waals surface area contributed by atoms with Crippen molar-refractivity contribution >= 4 is 73.6 Å². The molecule has 0 unspecified atom stereocenters. The molecule has 0 aliphatic rings. The van der Waals surface area contributed by atoms with Crippen molar-refractivity contribution in [1.82, 2.24) is 0 Å². The van der Waals surface area contributed by atoms with Crippen LogP contribution >= 0.6 is 31.9 Å². The Balaban J connectivity index is 2.30. The minimum atomic E-state index is -4.69. The maximum Gasteiger partial charge on any atom is 0.297 e. The zero-order valence-corrected chi connectivity index (χ0v) is 21.3. The van der Waals surface area contributed by atoms with E-state index in [-0.39, 0.29) is 22.6 Å². The van der Waals surface area contributed by atoms with Crippen LogP contribution in [-0.2, 0) is 24.4 Å². The van der Waals surface area contributed by atoms with Crippen LogP contribution in [0.25, 0.3) is 32.7 Å². The summed E-state index contributed by atoms with van der Waals surface area (Å²) in [5, 5.41) is 2.30. The van der Waals surface area contributed by atoms with E-state index in [2.05, 4.69) is 31.9 Å². The van der Waals surface area contributed by atoms with Crippen molar-refractivity contribution in [2.24, 2.45) is 0 Å². The second kappa shape index (κ2) is 8.51. The van der Waals surface area contributed by atoms with Crippen LogP contribution in [0.3, 0.4) is 0 Å². The normalized spacial score (nSPS) is 12.5. The van der Waals surface area contributed by atoms with E-state index in [9.17, 15) is 21.4 Å². The van der Waals surface area contributed by atoms with E-state index in [0.717, 1.165) is 8.95 Å². The molecule has 166 valence electrons. The number of fused-ring (bicyclic) bond motifs is 2. The minimum Gasteiger partial charge on any atom is -0.282 e. The SMILES string of the molecule is CCOS(=O)(=O)c1ccc2cc(Br)ccc2c1-c1c(S(=O)(=O)O)ccc2cc(Br)ccc12. The third kappa shape index (κ3) is 4.23. The lowest BCUT2D eigenvalue weighted by atomic mass is 9.94. The second-order valence-electron chi connectivity index (χ2n) is 6.94. The summed E-state index contributed by atoms with van der Waals surface area (Å²) in [4.78, 5) is -0.579. The molecule has 0 radical (unpaired) electrons. The molecule has 0 saturated carbocycles. The Hall–Kier alpha value is -1.82. The van der Waals surface area contributed by atoms with Gasteiger partial charge in [0.25, 0.3) is 20.2 Å². The van der Waals surface area contributed by atoms with Gasteiger partial charge in [-0.05, 0) is 64.9 Å². The van der Waals surface area contributed by atoms with Crippen LogP contribution in [0, 0.1) is 0 Å². The zero-order chi connectivity index (χ0) is 23.3. The zero-order valence-electron chi connectivity index (χ0n) is 16.5. The van der Waals surface area contributed by atoms with Crippen molar-refractivity contribution in [3.63, 3.8) is 0 Å². The van der Waals surface area contributed by atoms with Crippen LogP contribution in [0.2, 0.25) is 0 Å². The molecule has 10 heteroatoms. The first-order chi connectivity index (χ1) is 15.0. The lowest BCUT2D eigenvalue weighted by molar-refractivity contribution is 0.338. The van der Waals surface area contributed by atoms with Crippen molar-refractivity contribution in [3.05, 3.63) is 69.6 Å². The summed E-state index contributed by atoms with van der Waals surface area (Å²) < 4.78 is 67.4. The van der Waals surface area contributed by atoms with Crippen molar-refractivity contribution < 1.29 is 25.6 Å². The Morgan fingerprint density at radius 1 is 0.750 bits per heavy atom. The third-order valence-electron chi connectivity index (χ3n) is 4.96. The summed E-state index contributed by atoms with van der Waals surface area (Å²) in [5.74, 6) is 0. The van der Waals surface area contributed by atoms with Gasteiger partial charge in [0.1, 0.15) is 9.79 Å². The molecule has 0 aliphatic heterocycles. The molecule has 0 aliphatic carbocycles. The summed E-state index contributed by atoms with van der Waals surface area (Å²) in [6.07, 6.45) is 0. The predicted octanol–water partition coefficient (Wildman–Crippen LogP) is 6.16. The average Bonchev–Trinajstić information content (AvgIpc) is 2.71. The molecule has 0 fully saturated rings. The van der Waals surface area contributed by atoms with Crippen molar-refractivity contribution in [3.8, 4) is 11.1 Å². The van der Waals surface area contributed by atoms with E-state index in [0.29, 0.717) is 21.5 Å². The monoisotopic (exact) mass is 598 g/mol. The Labute approximate surface area is 202 Å². The summed E-state index contributed by atoms with van der Waals surface area (Å²) in [5.41, 5.74) is 0.229. The quantitative estimate of drug-likeness (QED) is 0.218. The summed E-state index contributed by atoms with van der Waals surface area (Å²) in [7, 11) is -8.92. The fourth-order valence-electron chi connectivity index (χ4n) is 3.72. The van der Waals surface area contributed by atoms with Gasteiger partial charge < -0.3 is 0 Å². The van der Waals surface area contributed by atoms with Gasteiger partial charge >= 0.3 is 0 Å². The first-order valence-corrected chi connectivity index (χ1v) is 13.8. The van der Waals surface area contributed by atoms with Gasteiger partial charge in [-0.15, -0.1) is 0 Å². The number of benzene rings is 4. The summed E-state index contributed by atoms with van der Waals surface area (Å²) in [6, 6.07) is 16.3. The first-order valence-electron chi connectivity index (χ1n) is 9.35. The molecule has 4 aromatic carbocycles. The number of hydrogen-bond donors (Lipinski definition) is 1. The molecule has 6 nitrogen and oxygen atoms in total. The molecule has 4 rings (SSSR count). The van der Waals surface area contributed by atoms with Crippen LogP contribution in [-0.4, -0.2) is 28.0 Å². The molecule has 0 bridgehead atoms. The van der Waals surface area contributed by atoms with E-state index >= 15 is 0 Å². The van der Waals surface area contributed by atoms with Crippen LogP contribution in [0.1, 0.15) is 6.92 Å². The van der Waals surface area contributed by atoms with Gasteiger partial charge in [0.15, 0.2) is 0 Å². The van der Waals surface area contributed by atoms with Crippen LogP contribution in [0.15, 0.2) is 79.4 Å². The van der Waals surface area contributed by atoms with E-state index in [1.807, 2.05) is 0 Å². The molecule has 0 amide bonds. The number of halogens is 2. The molecule has 0 spiro atoms. The smallest absolute Gasteiger partial charge is 0.282 e. The molecule has 32 heavy (non-hydrogen) atoms. The highest BCUT2D eigenvalue weighted by Gasteiger charge is 2.28. The van der Waals surface area contributed by atoms with Crippen molar-refractivity contribution in [1.29, 1.82) is 0 Å². The Morgan fingerprint density at radius 3 is 1.69 bits per heavy atom. The van der Waals surface area contributed by atoms with Gasteiger partial charge in [-0.2, -0.15) is 16.8 Å². The van der Waals surface area contributed by atoms with Crippen LogP contribution in [0.4, 0.5) is 0 Å². The average molecular weight is 600 g/mol. The third-order valence-corrected chi connectivity index (χ3v) is 8.26. The van der Waals surface area contributed by atoms with Crippen LogP contribution in [0.5, 0.6) is 0 Å². The molecule has 0 heterocycles. The van der Waals surface area contributed by atoms with Gasteiger partial charge in [0.05, 0.1) is 6.61 Å². The Kier molecular flexibility index (Phi) is 6.21. The molecular weight excluding hydrogens is 584 g/mol. The summed E-state index contributed by atoms with van der Waals surface area (Å²) >= 11 is 6.80. The lowest BCUT2D eigenvalue weighted by Gasteiger charge is -2.18. The first kappa shape index (κ1) is 23.3. The molecule has 0 atom stereocenters. The molecule has 4 aromatic rings. The largest absolute Gasteiger partial charge is 0.297 e. The van der Waals surface area contributed by atoms with E-state index in [1.165, 1.54) is 12.1 Å². The Morgan fingerprint density at radius 2 is 1.22 bits per heavy atom. The number of rotatable bonds is 5. The predicted molar refractivity (Wildman–Crippen MR) is 131 cm³/mol. The molecular formula is C22H16Br2O6S2. The van der Waals surface area contributed by atoms with E-state index in [1.54, 1.807) is 55.5 Å². The molecule has 1 N–H and O–H groups in total. The maximum atomic E-state index is 13.0.